The van der Waals surface area contributed by atoms with Crippen LogP contribution in [0, 0.1) is 0 Å². The molecule has 168 valence electrons. The molecule has 0 fully saturated rings. The summed E-state index contributed by atoms with van der Waals surface area (Å²) in [4.78, 5) is 34.6. The van der Waals surface area contributed by atoms with Gasteiger partial charge in [-0.15, -0.1) is 0 Å². The zero-order valence-corrected chi connectivity index (χ0v) is 19.0. The number of aromatic nitrogens is 6. The number of nitrogens with one attached hydrogen (secondary N) is 2. The zero-order valence-electron chi connectivity index (χ0n) is 18.3. The Balaban J connectivity index is 1.69. The van der Waals surface area contributed by atoms with Crippen LogP contribution >= 0.6 is 11.6 Å². The van der Waals surface area contributed by atoms with Crippen molar-refractivity contribution in [3.63, 3.8) is 0 Å². The minimum atomic E-state index is -0.321. The second-order valence-corrected chi connectivity index (χ2v) is 8.20. The minimum absolute atomic E-state index is 0.216. The van der Waals surface area contributed by atoms with E-state index in [-0.39, 0.29) is 11.6 Å². The molecule has 0 amide bonds. The Morgan fingerprint density at radius 3 is 2.97 bits per heavy atom. The van der Waals surface area contributed by atoms with Crippen LogP contribution in [0.1, 0.15) is 38.1 Å². The molecule has 1 aliphatic carbocycles. The quantitative estimate of drug-likeness (QED) is 0.444. The molecule has 5 rings (SSSR count). The summed E-state index contributed by atoms with van der Waals surface area (Å²) in [5.74, 6) is 1.14. The number of anilines is 1. The second-order valence-electron chi connectivity index (χ2n) is 7.80. The van der Waals surface area contributed by atoms with Crippen molar-refractivity contribution in [2.45, 2.75) is 32.2 Å². The smallest absolute Gasteiger partial charge is 0.282 e. The summed E-state index contributed by atoms with van der Waals surface area (Å²) >= 11 is 6.43. The van der Waals surface area contributed by atoms with Crippen molar-refractivity contribution in [2.75, 3.05) is 17.4 Å². The summed E-state index contributed by atoms with van der Waals surface area (Å²) in [7, 11) is 1.88. The van der Waals surface area contributed by atoms with Crippen molar-refractivity contribution in [3.8, 4) is 0 Å². The van der Waals surface area contributed by atoms with E-state index in [1.165, 1.54) is 6.33 Å². The summed E-state index contributed by atoms with van der Waals surface area (Å²) in [6, 6.07) is 5.00. The van der Waals surface area contributed by atoms with Gasteiger partial charge in [0.25, 0.3) is 5.56 Å². The molecule has 33 heavy (non-hydrogen) atoms. The van der Waals surface area contributed by atoms with Gasteiger partial charge in [-0.1, -0.05) is 36.7 Å². The molecule has 0 spiro atoms. The largest absolute Gasteiger partial charge is 0.358 e. The van der Waals surface area contributed by atoms with E-state index >= 15 is 0 Å². The highest BCUT2D eigenvalue weighted by Crippen LogP contribution is 2.27. The highest BCUT2D eigenvalue weighted by Gasteiger charge is 2.25. The summed E-state index contributed by atoms with van der Waals surface area (Å²) in [5, 5.41) is 6.07. The number of imidazole rings is 1. The summed E-state index contributed by atoms with van der Waals surface area (Å²) in [6.07, 6.45) is 11.6. The minimum Gasteiger partial charge on any atom is -0.358 e. The number of rotatable bonds is 6. The Bertz CT molecular complexity index is 1450. The van der Waals surface area contributed by atoms with Gasteiger partial charge in [0, 0.05) is 12.7 Å². The first-order chi connectivity index (χ1) is 16.1. The van der Waals surface area contributed by atoms with Crippen LogP contribution in [0.5, 0.6) is 0 Å². The van der Waals surface area contributed by atoms with Crippen molar-refractivity contribution in [1.29, 1.82) is 0 Å². The molecular formula is C23H23ClN8O. The van der Waals surface area contributed by atoms with E-state index in [9.17, 15) is 4.79 Å². The van der Waals surface area contributed by atoms with E-state index in [4.69, 9.17) is 16.6 Å². The number of benzene rings is 1. The van der Waals surface area contributed by atoms with E-state index in [1.807, 2.05) is 37.2 Å². The molecule has 0 saturated carbocycles. The molecule has 0 aliphatic heterocycles. The molecule has 1 atom stereocenters. The fourth-order valence-electron chi connectivity index (χ4n) is 4.09. The monoisotopic (exact) mass is 462 g/mol. The van der Waals surface area contributed by atoms with Gasteiger partial charge in [0.05, 0.1) is 28.3 Å². The van der Waals surface area contributed by atoms with Crippen molar-refractivity contribution in [2.24, 2.45) is 0 Å². The molecule has 0 bridgehead atoms. The maximum Gasteiger partial charge on any atom is 0.282 e. The average molecular weight is 463 g/mol. The van der Waals surface area contributed by atoms with Crippen LogP contribution in [-0.4, -0.2) is 36.6 Å². The fourth-order valence-corrected chi connectivity index (χ4v) is 4.34. The van der Waals surface area contributed by atoms with E-state index in [1.54, 1.807) is 23.1 Å². The predicted octanol–water partition coefficient (Wildman–Crippen LogP) is 4.08. The fraction of sp³-hybridized carbons (Fsp3) is 0.261. The van der Waals surface area contributed by atoms with Gasteiger partial charge in [0.2, 0.25) is 0 Å². The number of hydrogen-bond acceptors (Lipinski definition) is 7. The van der Waals surface area contributed by atoms with Gasteiger partial charge >= 0.3 is 0 Å². The topological polar surface area (TPSA) is 105 Å². The Kier molecular flexibility index (Phi) is 5.55. The number of aromatic amines is 1. The van der Waals surface area contributed by atoms with Gasteiger partial charge in [0.1, 0.15) is 11.8 Å². The lowest BCUT2D eigenvalue weighted by molar-refractivity contribution is 0.571. The number of nitrogens with zero attached hydrogens (tertiary/aromatic N) is 6. The third-order valence-electron chi connectivity index (χ3n) is 5.81. The molecule has 3 aromatic heterocycles. The van der Waals surface area contributed by atoms with Crippen LogP contribution < -0.4 is 15.9 Å². The Labute approximate surface area is 194 Å². The summed E-state index contributed by atoms with van der Waals surface area (Å²) < 4.78 is 1.61. The van der Waals surface area contributed by atoms with Crippen LogP contribution in [0.25, 0.3) is 22.1 Å². The van der Waals surface area contributed by atoms with E-state index < -0.39 is 0 Å². The van der Waals surface area contributed by atoms with Crippen LogP contribution in [0.2, 0.25) is 5.02 Å². The third-order valence-corrected chi connectivity index (χ3v) is 6.12. The normalized spacial score (nSPS) is 14.5. The first-order valence-electron chi connectivity index (χ1n) is 10.8. The van der Waals surface area contributed by atoms with Crippen molar-refractivity contribution in [3.05, 3.63) is 76.0 Å². The third kappa shape index (κ3) is 3.74. The van der Waals surface area contributed by atoms with Crippen LogP contribution in [0.3, 0.4) is 0 Å². The lowest BCUT2D eigenvalue weighted by atomic mass is 10.1. The number of halogens is 1. The number of H-pyrrole nitrogens is 1. The molecule has 10 heteroatoms. The van der Waals surface area contributed by atoms with Gasteiger partial charge < -0.3 is 10.3 Å². The lowest BCUT2D eigenvalue weighted by Gasteiger charge is -2.30. The molecular weight excluding hydrogens is 440 g/mol. The van der Waals surface area contributed by atoms with E-state index in [0.29, 0.717) is 45.2 Å². The summed E-state index contributed by atoms with van der Waals surface area (Å²) in [6.45, 7) is 2.03. The van der Waals surface area contributed by atoms with Crippen molar-refractivity contribution in [1.82, 2.24) is 29.6 Å². The highest BCUT2D eigenvalue weighted by atomic mass is 35.5. The van der Waals surface area contributed by atoms with Gasteiger partial charge in [-0.25, -0.2) is 24.6 Å². The Morgan fingerprint density at radius 1 is 1.30 bits per heavy atom. The molecule has 1 aliphatic rings. The number of allylic oxidation sites excluding steroid dienone is 4. The van der Waals surface area contributed by atoms with Crippen LogP contribution in [-0.2, 0) is 0 Å². The average Bonchev–Trinajstić information content (AvgIpc) is 3.32. The van der Waals surface area contributed by atoms with Crippen molar-refractivity contribution < 1.29 is 0 Å². The first kappa shape index (κ1) is 21.1. The molecule has 9 nitrogen and oxygen atoms in total. The SMILES string of the molecule is CC[C@H](Nc1ncnc2[nH]cnc12)c1nc2cccc(Cl)c2c(=O)n1N(C)C1=CC=CCC1. The maximum atomic E-state index is 13.8. The number of fused-ring (bicyclic) bond motifs is 2. The number of hydrogen-bond donors (Lipinski definition) is 2. The molecule has 0 unspecified atom stereocenters. The standard InChI is InChI=1S/C23H23ClN8O/c1-3-16(29-21-19-20(26-12-25-19)27-13-28-21)22-30-17-11-7-10-15(24)18(17)23(33)32(22)31(2)14-8-5-4-6-9-14/h4-5,7-8,10-13,16H,3,6,9H2,1-2H3,(H2,25,26,27,28,29)/t16-/m0/s1. The van der Waals surface area contributed by atoms with Gasteiger partial charge in [-0.2, -0.15) is 0 Å². The van der Waals surface area contributed by atoms with Gasteiger partial charge in [-0.05, 0) is 37.5 Å². The van der Waals surface area contributed by atoms with Crippen LogP contribution in [0.4, 0.5) is 5.82 Å². The van der Waals surface area contributed by atoms with Gasteiger partial charge in [-0.3, -0.25) is 9.80 Å². The molecule has 4 aromatic rings. The van der Waals surface area contributed by atoms with Crippen molar-refractivity contribution >= 4 is 39.5 Å². The van der Waals surface area contributed by atoms with Gasteiger partial charge in [0.15, 0.2) is 17.3 Å². The second kappa shape index (κ2) is 8.67. The molecule has 2 N–H and O–H groups in total. The molecule has 0 saturated heterocycles. The summed E-state index contributed by atoms with van der Waals surface area (Å²) in [5.41, 5.74) is 2.61. The zero-order chi connectivity index (χ0) is 22.9. The molecule has 1 aromatic carbocycles. The van der Waals surface area contributed by atoms with E-state index in [2.05, 4.69) is 31.3 Å². The molecule has 0 radical (unpaired) electrons. The Hall–Kier alpha value is -3.72. The Morgan fingerprint density at radius 2 is 2.18 bits per heavy atom. The maximum absolute atomic E-state index is 13.8. The first-order valence-corrected chi connectivity index (χ1v) is 11.2. The van der Waals surface area contributed by atoms with E-state index in [0.717, 1.165) is 18.5 Å². The lowest BCUT2D eigenvalue weighted by Crippen LogP contribution is -2.43. The highest BCUT2D eigenvalue weighted by molar-refractivity contribution is 6.35. The molecule has 3 heterocycles. The van der Waals surface area contributed by atoms with Crippen LogP contribution in [0.15, 0.2) is 59.6 Å². The predicted molar refractivity (Wildman–Crippen MR) is 130 cm³/mol.